The van der Waals surface area contributed by atoms with E-state index in [2.05, 4.69) is 41.3 Å². The van der Waals surface area contributed by atoms with E-state index in [0.29, 0.717) is 36.8 Å². The minimum absolute atomic E-state index is 0.100. The Morgan fingerprint density at radius 2 is 1.82 bits per heavy atom. The lowest BCUT2D eigenvalue weighted by molar-refractivity contribution is 0.0935. The summed E-state index contributed by atoms with van der Waals surface area (Å²) in [6.45, 7) is 7.86. The summed E-state index contributed by atoms with van der Waals surface area (Å²) in [7, 11) is 1.83. The van der Waals surface area contributed by atoms with Gasteiger partial charge in [0, 0.05) is 31.8 Å². The van der Waals surface area contributed by atoms with Gasteiger partial charge in [0.2, 0.25) is 0 Å². The topological polar surface area (TPSA) is 68.6 Å². The molecular weight excluding hydrogens is 416 g/mol. The molecule has 2 heterocycles. The molecule has 0 aliphatic carbocycles. The zero-order valence-corrected chi connectivity index (χ0v) is 19.6. The van der Waals surface area contributed by atoms with Crippen LogP contribution >= 0.6 is 0 Å². The molecule has 0 spiro atoms. The molecule has 1 aliphatic heterocycles. The molecule has 2 aromatic carbocycles. The van der Waals surface area contributed by atoms with Gasteiger partial charge in [0.25, 0.3) is 5.91 Å². The predicted molar refractivity (Wildman–Crippen MR) is 129 cm³/mol. The average molecular weight is 449 g/mol. The fourth-order valence-corrected chi connectivity index (χ4v) is 4.26. The molecule has 1 unspecified atom stereocenters. The van der Waals surface area contributed by atoms with Gasteiger partial charge in [-0.2, -0.15) is 5.10 Å². The number of amides is 1. The van der Waals surface area contributed by atoms with E-state index < -0.39 is 0 Å². The number of carbonyl (C=O) groups is 1. The van der Waals surface area contributed by atoms with Crippen LogP contribution in [0.1, 0.15) is 42.2 Å². The van der Waals surface area contributed by atoms with Crippen molar-refractivity contribution in [2.75, 3.05) is 32.8 Å². The van der Waals surface area contributed by atoms with Gasteiger partial charge >= 0.3 is 0 Å². The van der Waals surface area contributed by atoms with E-state index in [1.165, 1.54) is 5.56 Å². The standard InChI is InChI=1S/C26H32N4O3/c1-4-30(5-2)22(19-10-7-6-8-11-19)17-27-26(31)21-18-29(3)28-25(21)20-12-13-23-24(16-20)33-15-9-14-32-23/h6-8,10-13,16,18,22H,4-5,9,14-15,17H2,1-3H3,(H,27,31). The van der Waals surface area contributed by atoms with Crippen LogP contribution in [0.3, 0.4) is 0 Å². The average Bonchev–Trinajstić information content (AvgIpc) is 3.08. The smallest absolute Gasteiger partial charge is 0.255 e. The number of hydrogen-bond donors (Lipinski definition) is 1. The number of likely N-dealkylation sites (N-methyl/N-ethyl adjacent to an activating group) is 1. The van der Waals surface area contributed by atoms with Crippen molar-refractivity contribution in [3.8, 4) is 22.8 Å². The summed E-state index contributed by atoms with van der Waals surface area (Å²) in [4.78, 5) is 15.6. The Morgan fingerprint density at radius 3 is 2.55 bits per heavy atom. The van der Waals surface area contributed by atoms with Crippen LogP contribution in [0.2, 0.25) is 0 Å². The lowest BCUT2D eigenvalue weighted by atomic mass is 10.0. The first-order chi connectivity index (χ1) is 16.1. The lowest BCUT2D eigenvalue weighted by Gasteiger charge is -2.30. The van der Waals surface area contributed by atoms with Crippen molar-refractivity contribution in [1.82, 2.24) is 20.0 Å². The number of aryl methyl sites for hydroxylation is 1. The number of hydrogen-bond acceptors (Lipinski definition) is 5. The number of nitrogens with zero attached hydrogens (tertiary/aromatic N) is 3. The van der Waals surface area contributed by atoms with E-state index in [4.69, 9.17) is 9.47 Å². The largest absolute Gasteiger partial charge is 0.490 e. The van der Waals surface area contributed by atoms with Crippen LogP contribution < -0.4 is 14.8 Å². The predicted octanol–water partition coefficient (Wildman–Crippen LogP) is 4.06. The number of nitrogens with one attached hydrogen (secondary N) is 1. The second-order valence-electron chi connectivity index (χ2n) is 8.13. The Bertz CT molecular complexity index is 1080. The second-order valence-corrected chi connectivity index (χ2v) is 8.13. The van der Waals surface area contributed by atoms with Crippen molar-refractivity contribution in [3.63, 3.8) is 0 Å². The fraction of sp³-hybridized carbons (Fsp3) is 0.385. The molecule has 0 fully saturated rings. The fourth-order valence-electron chi connectivity index (χ4n) is 4.26. The maximum atomic E-state index is 13.3. The van der Waals surface area contributed by atoms with Crippen molar-refractivity contribution >= 4 is 5.91 Å². The molecule has 7 nitrogen and oxygen atoms in total. The third-order valence-corrected chi connectivity index (χ3v) is 5.99. The molecule has 4 rings (SSSR count). The summed E-state index contributed by atoms with van der Waals surface area (Å²) in [6, 6.07) is 16.1. The molecule has 33 heavy (non-hydrogen) atoms. The summed E-state index contributed by atoms with van der Waals surface area (Å²) < 4.78 is 13.2. The van der Waals surface area contributed by atoms with Crippen LogP contribution in [0, 0.1) is 0 Å². The van der Waals surface area contributed by atoms with E-state index in [0.717, 1.165) is 30.8 Å². The Hall–Kier alpha value is -3.32. The Kier molecular flexibility index (Phi) is 7.29. The number of aromatic nitrogens is 2. The number of carbonyl (C=O) groups excluding carboxylic acids is 1. The zero-order chi connectivity index (χ0) is 23.2. The Labute approximate surface area is 195 Å². The Balaban J connectivity index is 1.56. The van der Waals surface area contributed by atoms with Crippen LogP contribution in [0.15, 0.2) is 54.7 Å². The van der Waals surface area contributed by atoms with Crippen molar-refractivity contribution in [2.24, 2.45) is 7.05 Å². The summed E-state index contributed by atoms with van der Waals surface area (Å²) in [5.41, 5.74) is 3.19. The first kappa shape index (κ1) is 22.9. The maximum absolute atomic E-state index is 13.3. The van der Waals surface area contributed by atoms with Crippen molar-refractivity contribution in [2.45, 2.75) is 26.3 Å². The number of rotatable bonds is 8. The summed E-state index contributed by atoms with van der Waals surface area (Å²) in [5.74, 6) is 1.27. The van der Waals surface area contributed by atoms with Gasteiger partial charge in [0.1, 0.15) is 5.69 Å². The van der Waals surface area contributed by atoms with Gasteiger partial charge in [-0.25, -0.2) is 0 Å². The summed E-state index contributed by atoms with van der Waals surface area (Å²) >= 11 is 0. The van der Waals surface area contributed by atoms with Gasteiger partial charge in [-0.05, 0) is 36.9 Å². The van der Waals surface area contributed by atoms with E-state index in [1.807, 2.05) is 43.4 Å². The quantitative estimate of drug-likeness (QED) is 0.563. The maximum Gasteiger partial charge on any atom is 0.255 e. The normalized spacial score (nSPS) is 14.1. The van der Waals surface area contributed by atoms with Crippen LogP contribution in [0.25, 0.3) is 11.3 Å². The molecule has 0 saturated carbocycles. The minimum Gasteiger partial charge on any atom is -0.490 e. The molecule has 7 heteroatoms. The van der Waals surface area contributed by atoms with Crippen LogP contribution in [0.5, 0.6) is 11.5 Å². The van der Waals surface area contributed by atoms with E-state index in [-0.39, 0.29) is 11.9 Å². The molecule has 1 amide bonds. The van der Waals surface area contributed by atoms with E-state index in [9.17, 15) is 4.79 Å². The van der Waals surface area contributed by atoms with Gasteiger partial charge in [-0.15, -0.1) is 0 Å². The molecule has 0 saturated heterocycles. The van der Waals surface area contributed by atoms with Gasteiger partial charge in [0.05, 0.1) is 24.8 Å². The van der Waals surface area contributed by atoms with Crippen molar-refractivity contribution in [1.29, 1.82) is 0 Å². The van der Waals surface area contributed by atoms with Gasteiger partial charge < -0.3 is 14.8 Å². The first-order valence-corrected chi connectivity index (χ1v) is 11.6. The highest BCUT2D eigenvalue weighted by molar-refractivity contribution is 6.00. The van der Waals surface area contributed by atoms with Crippen molar-refractivity contribution < 1.29 is 14.3 Å². The monoisotopic (exact) mass is 448 g/mol. The van der Waals surface area contributed by atoms with Gasteiger partial charge in [0.15, 0.2) is 11.5 Å². The van der Waals surface area contributed by atoms with Gasteiger partial charge in [-0.3, -0.25) is 14.4 Å². The summed E-state index contributed by atoms with van der Waals surface area (Å²) in [6.07, 6.45) is 2.61. The third kappa shape index (κ3) is 5.20. The highest BCUT2D eigenvalue weighted by Crippen LogP contribution is 2.34. The third-order valence-electron chi connectivity index (χ3n) is 5.99. The molecule has 1 atom stereocenters. The number of fused-ring (bicyclic) bond motifs is 1. The molecule has 3 aromatic rings. The molecule has 0 bridgehead atoms. The molecule has 174 valence electrons. The van der Waals surface area contributed by atoms with Crippen molar-refractivity contribution in [3.05, 3.63) is 65.9 Å². The molecule has 0 radical (unpaired) electrons. The first-order valence-electron chi connectivity index (χ1n) is 11.6. The van der Waals surface area contributed by atoms with Crippen LogP contribution in [-0.2, 0) is 7.05 Å². The zero-order valence-electron chi connectivity index (χ0n) is 19.6. The van der Waals surface area contributed by atoms with Gasteiger partial charge in [-0.1, -0.05) is 44.2 Å². The number of ether oxygens (including phenoxy) is 2. The second kappa shape index (κ2) is 10.5. The molecule has 1 aromatic heterocycles. The highest BCUT2D eigenvalue weighted by atomic mass is 16.5. The number of benzene rings is 2. The Morgan fingerprint density at radius 1 is 1.09 bits per heavy atom. The van der Waals surface area contributed by atoms with E-state index >= 15 is 0 Å². The van der Waals surface area contributed by atoms with Crippen LogP contribution in [0.4, 0.5) is 0 Å². The molecular formula is C26H32N4O3. The highest BCUT2D eigenvalue weighted by Gasteiger charge is 2.23. The van der Waals surface area contributed by atoms with E-state index in [1.54, 1.807) is 10.9 Å². The molecule has 1 N–H and O–H groups in total. The minimum atomic E-state index is -0.140. The lowest BCUT2D eigenvalue weighted by Crippen LogP contribution is -2.38. The SMILES string of the molecule is CCN(CC)C(CNC(=O)c1cn(C)nc1-c1ccc2c(c1)OCCCO2)c1ccccc1. The molecule has 1 aliphatic rings. The summed E-state index contributed by atoms with van der Waals surface area (Å²) in [5, 5.41) is 7.73. The van der Waals surface area contributed by atoms with Crippen LogP contribution in [-0.4, -0.2) is 53.4 Å².